The van der Waals surface area contributed by atoms with Crippen molar-refractivity contribution >= 4 is 29.2 Å². The molecule has 2 heterocycles. The average molecular weight is 394 g/mol. The first-order valence-corrected chi connectivity index (χ1v) is 8.77. The van der Waals surface area contributed by atoms with Gasteiger partial charge in [0.2, 0.25) is 0 Å². The Labute approximate surface area is 160 Å². The van der Waals surface area contributed by atoms with E-state index in [-0.39, 0.29) is 31.5 Å². The number of carbonyl (C=O) groups excluding carboxylic acids is 2. The standard InChI is InChI=1S/C17H20ClN5O4/c1-22(27-8-7-24)16(25)15-13-10-23(6-5-14(13)20-21-15)17(26)19-12-4-2-3-11(18)9-12/h2-4,9,24H,5-8,10H2,1H3,(H,19,26)(H,20,21). The number of amides is 3. The minimum absolute atomic E-state index is 0.00300. The van der Waals surface area contributed by atoms with Crippen molar-refractivity contribution in [2.45, 2.75) is 13.0 Å². The number of hydrogen-bond donors (Lipinski definition) is 3. The van der Waals surface area contributed by atoms with Crippen molar-refractivity contribution in [3.63, 3.8) is 0 Å². The van der Waals surface area contributed by atoms with Gasteiger partial charge in [-0.2, -0.15) is 5.10 Å². The van der Waals surface area contributed by atoms with Gasteiger partial charge < -0.3 is 15.3 Å². The topological polar surface area (TPSA) is 111 Å². The molecule has 10 heteroatoms. The van der Waals surface area contributed by atoms with Crippen molar-refractivity contribution in [2.24, 2.45) is 0 Å². The lowest BCUT2D eigenvalue weighted by atomic mass is 10.1. The highest BCUT2D eigenvalue weighted by Gasteiger charge is 2.29. The van der Waals surface area contributed by atoms with E-state index >= 15 is 0 Å². The average Bonchev–Trinajstić information content (AvgIpc) is 3.08. The SMILES string of the molecule is CN(OCCO)C(=O)c1n[nH]c2c1CN(C(=O)Nc1cccc(Cl)c1)CC2. The van der Waals surface area contributed by atoms with E-state index in [1.165, 1.54) is 7.05 Å². The number of aliphatic hydroxyl groups is 1. The molecule has 1 aliphatic rings. The Kier molecular flexibility index (Phi) is 5.94. The number of aromatic amines is 1. The molecule has 0 radical (unpaired) electrons. The lowest BCUT2D eigenvalue weighted by molar-refractivity contribution is -0.114. The number of H-pyrrole nitrogens is 1. The minimum atomic E-state index is -0.446. The number of nitrogens with zero attached hydrogens (tertiary/aromatic N) is 3. The summed E-state index contributed by atoms with van der Waals surface area (Å²) >= 11 is 5.94. The third kappa shape index (κ3) is 4.38. The number of halogens is 1. The van der Waals surface area contributed by atoms with E-state index in [9.17, 15) is 9.59 Å². The Morgan fingerprint density at radius 2 is 2.30 bits per heavy atom. The number of anilines is 1. The monoisotopic (exact) mass is 393 g/mol. The molecule has 1 aromatic carbocycles. The van der Waals surface area contributed by atoms with Crippen LogP contribution >= 0.6 is 11.6 Å². The Balaban J connectivity index is 1.71. The Bertz CT molecular complexity index is 840. The number of aromatic nitrogens is 2. The summed E-state index contributed by atoms with van der Waals surface area (Å²) in [4.78, 5) is 31.8. The van der Waals surface area contributed by atoms with Crippen LogP contribution in [0.2, 0.25) is 5.02 Å². The Hall–Kier alpha value is -2.62. The number of carbonyl (C=O) groups is 2. The summed E-state index contributed by atoms with van der Waals surface area (Å²) in [6.07, 6.45) is 0.555. The minimum Gasteiger partial charge on any atom is -0.394 e. The maximum absolute atomic E-state index is 12.6. The van der Waals surface area contributed by atoms with Gasteiger partial charge in [0.25, 0.3) is 5.91 Å². The third-order valence-electron chi connectivity index (χ3n) is 4.16. The number of benzene rings is 1. The smallest absolute Gasteiger partial charge is 0.322 e. The number of hydrogen-bond acceptors (Lipinski definition) is 5. The molecule has 9 nitrogen and oxygen atoms in total. The lowest BCUT2D eigenvalue weighted by Gasteiger charge is -2.27. The fourth-order valence-electron chi connectivity index (χ4n) is 2.80. The number of aliphatic hydroxyl groups excluding tert-OH is 1. The summed E-state index contributed by atoms with van der Waals surface area (Å²) in [7, 11) is 1.45. The molecule has 27 heavy (non-hydrogen) atoms. The van der Waals surface area contributed by atoms with Crippen LogP contribution in [0.1, 0.15) is 21.7 Å². The van der Waals surface area contributed by atoms with E-state index in [1.807, 2.05) is 0 Å². The van der Waals surface area contributed by atoms with Gasteiger partial charge in [-0.05, 0) is 18.2 Å². The van der Waals surface area contributed by atoms with Crippen LogP contribution in [0.3, 0.4) is 0 Å². The van der Waals surface area contributed by atoms with Crippen LogP contribution in [0.4, 0.5) is 10.5 Å². The number of hydroxylamine groups is 2. The van der Waals surface area contributed by atoms with Gasteiger partial charge in [-0.15, -0.1) is 0 Å². The molecule has 1 aromatic heterocycles. The van der Waals surface area contributed by atoms with Gasteiger partial charge in [0, 0.05) is 42.0 Å². The number of nitrogens with one attached hydrogen (secondary N) is 2. The fourth-order valence-corrected chi connectivity index (χ4v) is 2.99. The quantitative estimate of drug-likeness (QED) is 0.669. The lowest BCUT2D eigenvalue weighted by Crippen LogP contribution is -2.39. The van der Waals surface area contributed by atoms with Crippen LogP contribution in [-0.2, 0) is 17.8 Å². The summed E-state index contributed by atoms with van der Waals surface area (Å²) in [5.41, 5.74) is 2.28. The van der Waals surface area contributed by atoms with Crippen molar-refractivity contribution in [3.05, 3.63) is 46.2 Å². The predicted molar refractivity (Wildman–Crippen MR) is 98.3 cm³/mol. The molecule has 0 unspecified atom stereocenters. The second-order valence-electron chi connectivity index (χ2n) is 6.00. The summed E-state index contributed by atoms with van der Waals surface area (Å²) in [6, 6.07) is 6.60. The Morgan fingerprint density at radius 1 is 1.48 bits per heavy atom. The summed E-state index contributed by atoms with van der Waals surface area (Å²) in [6.45, 7) is 0.538. The molecule has 0 bridgehead atoms. The van der Waals surface area contributed by atoms with Gasteiger partial charge in [0.1, 0.15) is 0 Å². The maximum atomic E-state index is 12.6. The van der Waals surface area contributed by atoms with Crippen molar-refractivity contribution < 1.29 is 19.5 Å². The molecular weight excluding hydrogens is 374 g/mol. The maximum Gasteiger partial charge on any atom is 0.322 e. The molecule has 144 valence electrons. The number of rotatable bonds is 5. The van der Waals surface area contributed by atoms with Crippen molar-refractivity contribution in [1.82, 2.24) is 20.2 Å². The third-order valence-corrected chi connectivity index (χ3v) is 4.40. The highest BCUT2D eigenvalue weighted by molar-refractivity contribution is 6.30. The van der Waals surface area contributed by atoms with Crippen molar-refractivity contribution in [2.75, 3.05) is 32.1 Å². The molecule has 0 spiro atoms. The van der Waals surface area contributed by atoms with E-state index in [1.54, 1.807) is 29.2 Å². The zero-order valence-electron chi connectivity index (χ0n) is 14.7. The Morgan fingerprint density at radius 3 is 3.04 bits per heavy atom. The number of urea groups is 1. The van der Waals surface area contributed by atoms with Gasteiger partial charge in [-0.3, -0.25) is 14.7 Å². The first-order valence-electron chi connectivity index (χ1n) is 8.39. The van der Waals surface area contributed by atoms with Crippen molar-refractivity contribution in [3.8, 4) is 0 Å². The van der Waals surface area contributed by atoms with Crippen molar-refractivity contribution in [1.29, 1.82) is 0 Å². The molecule has 0 saturated heterocycles. The molecule has 3 rings (SSSR count). The van der Waals surface area contributed by atoms with E-state index in [4.69, 9.17) is 21.5 Å². The zero-order chi connectivity index (χ0) is 19.4. The molecule has 0 aliphatic carbocycles. The van der Waals surface area contributed by atoms with E-state index in [2.05, 4.69) is 15.5 Å². The first kappa shape index (κ1) is 19.2. The predicted octanol–water partition coefficient (Wildman–Crippen LogP) is 1.65. The summed E-state index contributed by atoms with van der Waals surface area (Å²) in [5, 5.41) is 20.1. The fraction of sp³-hybridized carbons (Fsp3) is 0.353. The first-order chi connectivity index (χ1) is 13.0. The molecule has 1 aliphatic heterocycles. The van der Waals surface area contributed by atoms with Crippen LogP contribution in [0.25, 0.3) is 0 Å². The van der Waals surface area contributed by atoms with Gasteiger partial charge in [-0.25, -0.2) is 9.86 Å². The summed E-state index contributed by atoms with van der Waals surface area (Å²) < 4.78 is 0. The van der Waals surface area contributed by atoms with Crippen LogP contribution < -0.4 is 5.32 Å². The van der Waals surface area contributed by atoms with Gasteiger partial charge >= 0.3 is 6.03 Å². The van der Waals surface area contributed by atoms with Crippen LogP contribution in [-0.4, -0.2) is 64.0 Å². The van der Waals surface area contributed by atoms with Gasteiger partial charge in [-0.1, -0.05) is 17.7 Å². The van der Waals surface area contributed by atoms with Gasteiger partial charge in [0.05, 0.1) is 19.8 Å². The van der Waals surface area contributed by atoms with Crippen LogP contribution in [0.5, 0.6) is 0 Å². The van der Waals surface area contributed by atoms with E-state index < -0.39 is 5.91 Å². The molecular formula is C17H20ClN5O4. The largest absolute Gasteiger partial charge is 0.394 e. The highest BCUT2D eigenvalue weighted by Crippen LogP contribution is 2.23. The number of fused-ring (bicyclic) bond motifs is 1. The molecule has 3 amide bonds. The zero-order valence-corrected chi connectivity index (χ0v) is 15.5. The van der Waals surface area contributed by atoms with Crippen LogP contribution in [0, 0.1) is 0 Å². The molecule has 0 fully saturated rings. The van der Waals surface area contributed by atoms with Gasteiger partial charge in [0.15, 0.2) is 5.69 Å². The second kappa shape index (κ2) is 8.38. The molecule has 2 aromatic rings. The van der Waals surface area contributed by atoms with Crippen LogP contribution in [0.15, 0.2) is 24.3 Å². The summed E-state index contributed by atoms with van der Waals surface area (Å²) in [5.74, 6) is -0.446. The molecule has 3 N–H and O–H groups in total. The molecule has 0 saturated carbocycles. The second-order valence-corrected chi connectivity index (χ2v) is 6.44. The highest BCUT2D eigenvalue weighted by atomic mass is 35.5. The van der Waals surface area contributed by atoms with E-state index in [0.717, 1.165) is 10.8 Å². The van der Waals surface area contributed by atoms with E-state index in [0.29, 0.717) is 29.2 Å². The molecule has 0 atom stereocenters. The normalized spacial score (nSPS) is 13.2.